The summed E-state index contributed by atoms with van der Waals surface area (Å²) in [5, 5.41) is 12.0. The van der Waals surface area contributed by atoms with E-state index in [-0.39, 0.29) is 17.9 Å². The molecule has 1 heterocycles. The molecular weight excluding hydrogens is 372 g/mol. The van der Waals surface area contributed by atoms with Crippen LogP contribution in [-0.2, 0) is 16.1 Å². The molecule has 1 aromatic heterocycles. The maximum Gasteiger partial charge on any atom is 0.336 e. The first-order chi connectivity index (χ1) is 13.9. The summed E-state index contributed by atoms with van der Waals surface area (Å²) in [5.41, 5.74) is 1.29. The average Bonchev–Trinajstić information content (AvgIpc) is 3.19. The minimum Gasteiger partial charge on any atom is -0.490 e. The van der Waals surface area contributed by atoms with Crippen LogP contribution in [0.4, 0.5) is 0 Å². The predicted octanol–water partition coefficient (Wildman–Crippen LogP) is 3.77. The highest BCUT2D eigenvalue weighted by molar-refractivity contribution is 6.01. The summed E-state index contributed by atoms with van der Waals surface area (Å²) in [6, 6.07) is 10.1. The van der Waals surface area contributed by atoms with Gasteiger partial charge in [0.15, 0.2) is 11.5 Å². The summed E-state index contributed by atoms with van der Waals surface area (Å²) >= 11 is 0. The Balaban J connectivity index is 2.19. The SMILES string of the molecule is CCOc1cc(/C=C(\C#N)C(=O)NCc2ccco2)ccc1OC(=O)C=C(C)C. The summed E-state index contributed by atoms with van der Waals surface area (Å²) in [7, 11) is 0. The Morgan fingerprint density at radius 3 is 2.66 bits per heavy atom. The van der Waals surface area contributed by atoms with E-state index >= 15 is 0 Å². The van der Waals surface area contributed by atoms with Gasteiger partial charge >= 0.3 is 5.97 Å². The van der Waals surface area contributed by atoms with Gasteiger partial charge in [-0.2, -0.15) is 5.26 Å². The highest BCUT2D eigenvalue weighted by Crippen LogP contribution is 2.29. The number of furan rings is 1. The van der Waals surface area contributed by atoms with Crippen molar-refractivity contribution in [3.05, 3.63) is 65.1 Å². The van der Waals surface area contributed by atoms with E-state index < -0.39 is 11.9 Å². The van der Waals surface area contributed by atoms with Crippen LogP contribution in [0.5, 0.6) is 11.5 Å². The summed E-state index contributed by atoms with van der Waals surface area (Å²) in [6.07, 6.45) is 4.31. The van der Waals surface area contributed by atoms with E-state index in [2.05, 4.69) is 5.32 Å². The van der Waals surface area contributed by atoms with Crippen molar-refractivity contribution in [3.63, 3.8) is 0 Å². The van der Waals surface area contributed by atoms with Gasteiger partial charge in [-0.15, -0.1) is 0 Å². The van der Waals surface area contributed by atoms with Gasteiger partial charge in [-0.3, -0.25) is 4.79 Å². The number of ether oxygens (including phenoxy) is 2. The van der Waals surface area contributed by atoms with Crippen LogP contribution in [0.3, 0.4) is 0 Å². The lowest BCUT2D eigenvalue weighted by Gasteiger charge is -2.11. The normalized spacial score (nSPS) is 10.6. The molecule has 0 radical (unpaired) electrons. The molecule has 0 aliphatic rings. The molecule has 0 atom stereocenters. The largest absolute Gasteiger partial charge is 0.490 e. The van der Waals surface area contributed by atoms with Crippen LogP contribution in [0.1, 0.15) is 32.1 Å². The second-order valence-electron chi connectivity index (χ2n) is 6.21. The first-order valence-electron chi connectivity index (χ1n) is 8.99. The molecule has 0 spiro atoms. The maximum absolute atomic E-state index is 12.2. The minimum absolute atomic E-state index is 0.0757. The second kappa shape index (κ2) is 10.5. The molecule has 0 saturated heterocycles. The highest BCUT2D eigenvalue weighted by Gasteiger charge is 2.13. The van der Waals surface area contributed by atoms with Crippen molar-refractivity contribution in [1.29, 1.82) is 5.26 Å². The average molecular weight is 394 g/mol. The lowest BCUT2D eigenvalue weighted by Crippen LogP contribution is -2.23. The minimum atomic E-state index is -0.527. The number of hydrogen-bond donors (Lipinski definition) is 1. The molecule has 150 valence electrons. The van der Waals surface area contributed by atoms with Crippen molar-refractivity contribution in [2.45, 2.75) is 27.3 Å². The lowest BCUT2D eigenvalue weighted by atomic mass is 10.1. The molecule has 0 saturated carbocycles. The Morgan fingerprint density at radius 2 is 2.03 bits per heavy atom. The van der Waals surface area contributed by atoms with Gasteiger partial charge < -0.3 is 19.2 Å². The van der Waals surface area contributed by atoms with Crippen LogP contribution >= 0.6 is 0 Å². The van der Waals surface area contributed by atoms with E-state index in [1.54, 1.807) is 51.1 Å². The number of carbonyl (C=O) groups excluding carboxylic acids is 2. The number of rotatable bonds is 8. The summed E-state index contributed by atoms with van der Waals surface area (Å²) < 4.78 is 16.0. The number of allylic oxidation sites excluding steroid dienone is 1. The fourth-order valence-corrected chi connectivity index (χ4v) is 2.33. The Bertz CT molecular complexity index is 962. The van der Waals surface area contributed by atoms with Crippen LogP contribution < -0.4 is 14.8 Å². The zero-order valence-electron chi connectivity index (χ0n) is 16.5. The van der Waals surface area contributed by atoms with Gasteiger partial charge in [0.25, 0.3) is 5.91 Å². The molecule has 0 aliphatic carbocycles. The van der Waals surface area contributed by atoms with E-state index in [1.807, 2.05) is 6.07 Å². The van der Waals surface area contributed by atoms with Crippen molar-refractivity contribution in [3.8, 4) is 17.6 Å². The van der Waals surface area contributed by atoms with Crippen LogP contribution in [0, 0.1) is 11.3 Å². The van der Waals surface area contributed by atoms with Gasteiger partial charge in [0, 0.05) is 6.08 Å². The number of hydrogen-bond acceptors (Lipinski definition) is 6. The first kappa shape index (κ1) is 21.5. The van der Waals surface area contributed by atoms with E-state index in [0.717, 1.165) is 5.57 Å². The van der Waals surface area contributed by atoms with E-state index in [4.69, 9.17) is 13.9 Å². The van der Waals surface area contributed by atoms with Gasteiger partial charge in [-0.1, -0.05) is 11.6 Å². The topological polar surface area (TPSA) is 102 Å². The van der Waals surface area contributed by atoms with E-state index in [9.17, 15) is 14.9 Å². The fraction of sp³-hybridized carbons (Fsp3) is 0.227. The van der Waals surface area contributed by atoms with Gasteiger partial charge in [0.05, 0.1) is 19.4 Å². The molecule has 1 N–H and O–H groups in total. The van der Waals surface area contributed by atoms with Crippen molar-refractivity contribution in [2.24, 2.45) is 0 Å². The fourth-order valence-electron chi connectivity index (χ4n) is 2.33. The van der Waals surface area contributed by atoms with Crippen molar-refractivity contribution in [2.75, 3.05) is 6.61 Å². The van der Waals surface area contributed by atoms with Crippen LogP contribution in [0.2, 0.25) is 0 Å². The predicted molar refractivity (Wildman–Crippen MR) is 107 cm³/mol. The Kier molecular flexibility index (Phi) is 7.80. The monoisotopic (exact) mass is 394 g/mol. The standard InChI is InChI=1S/C22H22N2O5/c1-4-27-20-12-16(7-8-19(20)29-21(25)10-15(2)3)11-17(13-23)22(26)24-14-18-6-5-9-28-18/h5-12H,4,14H2,1-3H3,(H,24,26)/b17-11+. The van der Waals surface area contributed by atoms with Gasteiger partial charge in [0.2, 0.25) is 0 Å². The summed E-state index contributed by atoms with van der Waals surface area (Å²) in [6.45, 7) is 5.91. The molecule has 29 heavy (non-hydrogen) atoms. The van der Waals surface area contributed by atoms with Gasteiger partial charge in [0.1, 0.15) is 17.4 Å². The van der Waals surface area contributed by atoms with E-state index in [1.165, 1.54) is 18.4 Å². The number of nitriles is 1. The van der Waals surface area contributed by atoms with Crippen LogP contribution in [0.15, 0.2) is 58.2 Å². The Morgan fingerprint density at radius 1 is 1.24 bits per heavy atom. The van der Waals surface area contributed by atoms with Gasteiger partial charge in [-0.05, 0) is 56.7 Å². The first-order valence-corrected chi connectivity index (χ1v) is 8.99. The molecule has 1 amide bonds. The molecule has 1 aromatic carbocycles. The number of carbonyl (C=O) groups is 2. The van der Waals surface area contributed by atoms with Crippen molar-refractivity contribution >= 4 is 18.0 Å². The Hall–Kier alpha value is -3.79. The number of esters is 1. The third kappa shape index (κ3) is 6.70. The zero-order valence-corrected chi connectivity index (χ0v) is 16.5. The zero-order chi connectivity index (χ0) is 21.2. The Labute approximate surface area is 169 Å². The molecule has 0 bridgehead atoms. The van der Waals surface area contributed by atoms with E-state index in [0.29, 0.717) is 23.7 Å². The van der Waals surface area contributed by atoms with Crippen LogP contribution in [0.25, 0.3) is 6.08 Å². The smallest absolute Gasteiger partial charge is 0.336 e. The molecule has 2 aromatic rings. The molecule has 0 aliphatic heterocycles. The maximum atomic E-state index is 12.2. The number of nitrogens with one attached hydrogen (secondary N) is 1. The van der Waals surface area contributed by atoms with Gasteiger partial charge in [-0.25, -0.2) is 4.79 Å². The number of amides is 1. The van der Waals surface area contributed by atoms with Crippen molar-refractivity contribution < 1.29 is 23.5 Å². The molecule has 0 unspecified atom stereocenters. The lowest BCUT2D eigenvalue weighted by molar-refractivity contribution is -0.129. The molecule has 2 rings (SSSR count). The number of benzene rings is 1. The molecule has 0 fully saturated rings. The highest BCUT2D eigenvalue weighted by atomic mass is 16.6. The third-order valence-corrected chi connectivity index (χ3v) is 3.56. The van der Waals surface area contributed by atoms with Crippen LogP contribution in [-0.4, -0.2) is 18.5 Å². The molecule has 7 nitrogen and oxygen atoms in total. The number of nitrogens with zero attached hydrogens (tertiary/aromatic N) is 1. The molecular formula is C22H22N2O5. The summed E-state index contributed by atoms with van der Waals surface area (Å²) in [4.78, 5) is 24.1. The second-order valence-corrected chi connectivity index (χ2v) is 6.21. The van der Waals surface area contributed by atoms with Crippen molar-refractivity contribution in [1.82, 2.24) is 5.32 Å². The quantitative estimate of drug-likeness (QED) is 0.316. The summed E-state index contributed by atoms with van der Waals surface area (Å²) in [5.74, 6) is 0.138. The third-order valence-electron chi connectivity index (χ3n) is 3.56. The molecule has 7 heteroatoms.